The van der Waals surface area contributed by atoms with Gasteiger partial charge in [-0.15, -0.1) is 0 Å². The van der Waals surface area contributed by atoms with Gasteiger partial charge in [-0.3, -0.25) is 4.90 Å². The van der Waals surface area contributed by atoms with E-state index in [1.165, 1.54) is 70.9 Å². The van der Waals surface area contributed by atoms with Crippen molar-refractivity contribution in [2.75, 3.05) is 13.1 Å². The lowest BCUT2D eigenvalue weighted by Gasteiger charge is -2.34. The van der Waals surface area contributed by atoms with Crippen LogP contribution in [0.3, 0.4) is 0 Å². The van der Waals surface area contributed by atoms with Crippen molar-refractivity contribution in [3.8, 4) is 0 Å². The first-order valence-corrected chi connectivity index (χ1v) is 7.79. The summed E-state index contributed by atoms with van der Waals surface area (Å²) in [7, 11) is 0. The van der Waals surface area contributed by atoms with Crippen LogP contribution in [0.15, 0.2) is 0 Å². The summed E-state index contributed by atoms with van der Waals surface area (Å²) in [6.45, 7) is 7.08. The minimum Gasteiger partial charge on any atom is -0.326 e. The second-order valence-electron chi connectivity index (χ2n) is 5.61. The molecule has 0 amide bonds. The fourth-order valence-electron chi connectivity index (χ4n) is 2.94. The molecule has 0 aromatic carbocycles. The SMILES string of the molecule is CCCCN(CCCC)C1CCCCCC1N. The van der Waals surface area contributed by atoms with E-state index in [-0.39, 0.29) is 0 Å². The molecule has 1 aliphatic carbocycles. The molecular weight excluding hydrogens is 208 g/mol. The Morgan fingerprint density at radius 1 is 0.941 bits per heavy atom. The standard InChI is InChI=1S/C15H32N2/c1-3-5-12-17(13-6-4-2)15-11-9-7-8-10-14(15)16/h14-15H,3-13,16H2,1-2H3. The van der Waals surface area contributed by atoms with Crippen LogP contribution in [0.5, 0.6) is 0 Å². The number of hydrogen-bond donors (Lipinski definition) is 1. The van der Waals surface area contributed by atoms with E-state index in [9.17, 15) is 0 Å². The van der Waals surface area contributed by atoms with Crippen molar-refractivity contribution in [3.05, 3.63) is 0 Å². The summed E-state index contributed by atoms with van der Waals surface area (Å²) < 4.78 is 0. The van der Waals surface area contributed by atoms with Gasteiger partial charge >= 0.3 is 0 Å². The first kappa shape index (κ1) is 15.0. The molecule has 17 heavy (non-hydrogen) atoms. The van der Waals surface area contributed by atoms with E-state index in [0.29, 0.717) is 12.1 Å². The minimum absolute atomic E-state index is 0.422. The molecule has 0 aliphatic heterocycles. The topological polar surface area (TPSA) is 29.3 Å². The van der Waals surface area contributed by atoms with E-state index in [2.05, 4.69) is 18.7 Å². The van der Waals surface area contributed by atoms with Crippen LogP contribution in [0.4, 0.5) is 0 Å². The highest BCUT2D eigenvalue weighted by molar-refractivity contribution is 4.84. The van der Waals surface area contributed by atoms with Crippen molar-refractivity contribution in [1.82, 2.24) is 4.90 Å². The molecule has 2 heteroatoms. The summed E-state index contributed by atoms with van der Waals surface area (Å²) >= 11 is 0. The van der Waals surface area contributed by atoms with E-state index in [1.54, 1.807) is 0 Å². The van der Waals surface area contributed by atoms with Gasteiger partial charge in [0.1, 0.15) is 0 Å². The molecule has 1 aliphatic rings. The van der Waals surface area contributed by atoms with Crippen LogP contribution in [0.2, 0.25) is 0 Å². The molecule has 0 saturated heterocycles. The third kappa shape index (κ3) is 5.39. The van der Waals surface area contributed by atoms with Gasteiger partial charge in [0.2, 0.25) is 0 Å². The maximum Gasteiger partial charge on any atom is 0.0247 e. The molecule has 0 aromatic rings. The summed E-state index contributed by atoms with van der Waals surface area (Å²) in [4.78, 5) is 2.70. The molecule has 0 spiro atoms. The first-order chi connectivity index (χ1) is 8.29. The molecule has 2 nitrogen and oxygen atoms in total. The monoisotopic (exact) mass is 240 g/mol. The number of nitrogens with two attached hydrogens (primary N) is 1. The normalized spacial score (nSPS) is 26.1. The second-order valence-corrected chi connectivity index (χ2v) is 5.61. The Morgan fingerprint density at radius 3 is 2.12 bits per heavy atom. The van der Waals surface area contributed by atoms with E-state index in [1.807, 2.05) is 0 Å². The number of rotatable bonds is 7. The minimum atomic E-state index is 0.422. The summed E-state index contributed by atoms with van der Waals surface area (Å²) in [6.07, 6.45) is 11.9. The van der Waals surface area contributed by atoms with Crippen molar-refractivity contribution in [2.45, 2.75) is 83.7 Å². The molecule has 2 atom stereocenters. The third-order valence-electron chi connectivity index (χ3n) is 4.10. The van der Waals surface area contributed by atoms with Gasteiger partial charge in [-0.25, -0.2) is 0 Å². The number of nitrogens with zero attached hydrogens (tertiary/aromatic N) is 1. The lowest BCUT2D eigenvalue weighted by molar-refractivity contribution is 0.158. The summed E-state index contributed by atoms with van der Waals surface area (Å²) in [5, 5.41) is 0. The zero-order chi connectivity index (χ0) is 12.5. The quantitative estimate of drug-likeness (QED) is 0.690. The molecule has 0 aromatic heterocycles. The van der Waals surface area contributed by atoms with Crippen LogP contribution in [0.1, 0.15) is 71.6 Å². The van der Waals surface area contributed by atoms with Gasteiger partial charge in [0.25, 0.3) is 0 Å². The summed E-state index contributed by atoms with van der Waals surface area (Å²) in [5.74, 6) is 0. The number of unbranched alkanes of at least 4 members (excludes halogenated alkanes) is 2. The zero-order valence-corrected chi connectivity index (χ0v) is 12.0. The highest BCUT2D eigenvalue weighted by Crippen LogP contribution is 2.22. The smallest absolute Gasteiger partial charge is 0.0247 e. The fraction of sp³-hybridized carbons (Fsp3) is 1.00. The Labute approximate surface area is 108 Å². The Balaban J connectivity index is 2.51. The van der Waals surface area contributed by atoms with E-state index < -0.39 is 0 Å². The predicted octanol–water partition coefficient (Wildman–Crippen LogP) is 3.55. The fourth-order valence-corrected chi connectivity index (χ4v) is 2.94. The van der Waals surface area contributed by atoms with Crippen LogP contribution in [-0.4, -0.2) is 30.1 Å². The highest BCUT2D eigenvalue weighted by atomic mass is 15.2. The van der Waals surface area contributed by atoms with E-state index >= 15 is 0 Å². The predicted molar refractivity (Wildman–Crippen MR) is 76.2 cm³/mol. The maximum atomic E-state index is 6.38. The second kappa shape index (κ2) is 8.93. The van der Waals surface area contributed by atoms with E-state index in [0.717, 1.165) is 0 Å². The maximum absolute atomic E-state index is 6.38. The third-order valence-corrected chi connectivity index (χ3v) is 4.10. The molecule has 0 radical (unpaired) electrons. The lowest BCUT2D eigenvalue weighted by Crippen LogP contribution is -2.48. The Morgan fingerprint density at radius 2 is 1.53 bits per heavy atom. The Hall–Kier alpha value is -0.0800. The van der Waals surface area contributed by atoms with Gasteiger partial charge in [-0.05, 0) is 38.8 Å². The molecule has 0 heterocycles. The summed E-state index contributed by atoms with van der Waals surface area (Å²) in [6, 6.07) is 1.09. The van der Waals surface area contributed by atoms with E-state index in [4.69, 9.17) is 5.73 Å². The van der Waals surface area contributed by atoms with Crippen LogP contribution in [0, 0.1) is 0 Å². The molecule has 1 rings (SSSR count). The van der Waals surface area contributed by atoms with Crippen molar-refractivity contribution in [2.24, 2.45) is 5.73 Å². The largest absolute Gasteiger partial charge is 0.326 e. The van der Waals surface area contributed by atoms with Crippen molar-refractivity contribution >= 4 is 0 Å². The zero-order valence-electron chi connectivity index (χ0n) is 12.0. The van der Waals surface area contributed by atoms with Gasteiger partial charge < -0.3 is 5.73 Å². The van der Waals surface area contributed by atoms with Gasteiger partial charge in [-0.2, -0.15) is 0 Å². The molecule has 2 N–H and O–H groups in total. The molecule has 1 saturated carbocycles. The van der Waals surface area contributed by atoms with Crippen molar-refractivity contribution in [1.29, 1.82) is 0 Å². The average molecular weight is 240 g/mol. The lowest BCUT2D eigenvalue weighted by atomic mass is 10.0. The van der Waals surface area contributed by atoms with Crippen molar-refractivity contribution < 1.29 is 0 Å². The average Bonchev–Trinajstić information content (AvgIpc) is 2.55. The van der Waals surface area contributed by atoms with Crippen LogP contribution < -0.4 is 5.73 Å². The van der Waals surface area contributed by atoms with Gasteiger partial charge in [0.05, 0.1) is 0 Å². The Bertz CT molecular complexity index is 174. The van der Waals surface area contributed by atoms with Gasteiger partial charge in [0, 0.05) is 12.1 Å². The Kier molecular flexibility index (Phi) is 7.87. The molecule has 102 valence electrons. The first-order valence-electron chi connectivity index (χ1n) is 7.79. The molecule has 0 bridgehead atoms. The molecule has 1 fully saturated rings. The van der Waals surface area contributed by atoms with Crippen LogP contribution >= 0.6 is 0 Å². The molecule has 2 unspecified atom stereocenters. The molecular formula is C15H32N2. The highest BCUT2D eigenvalue weighted by Gasteiger charge is 2.25. The summed E-state index contributed by atoms with van der Waals surface area (Å²) in [5.41, 5.74) is 6.38. The van der Waals surface area contributed by atoms with Crippen LogP contribution in [0.25, 0.3) is 0 Å². The van der Waals surface area contributed by atoms with Crippen molar-refractivity contribution in [3.63, 3.8) is 0 Å². The van der Waals surface area contributed by atoms with Gasteiger partial charge in [0.15, 0.2) is 0 Å². The van der Waals surface area contributed by atoms with Gasteiger partial charge in [-0.1, -0.05) is 46.0 Å². The number of hydrogen-bond acceptors (Lipinski definition) is 2. The van der Waals surface area contributed by atoms with Crippen LogP contribution in [-0.2, 0) is 0 Å².